The molecule has 2 aromatic rings. The van der Waals surface area contributed by atoms with E-state index in [1.165, 1.54) is 17.4 Å². The summed E-state index contributed by atoms with van der Waals surface area (Å²) >= 11 is 1.49. The molecule has 0 atom stereocenters. The van der Waals surface area contributed by atoms with Gasteiger partial charge in [0, 0.05) is 24.7 Å². The number of nitrogens with zero attached hydrogens (tertiary/aromatic N) is 3. The maximum atomic E-state index is 11.1. The first-order valence-electron chi connectivity index (χ1n) is 5.95. The average Bonchev–Trinajstić information content (AvgIpc) is 2.92. The van der Waals surface area contributed by atoms with Gasteiger partial charge in [-0.25, -0.2) is 9.97 Å². The third-order valence-electron chi connectivity index (χ3n) is 2.72. The van der Waals surface area contributed by atoms with Crippen LogP contribution in [0.4, 0.5) is 17.3 Å². The molecule has 0 spiro atoms. The van der Waals surface area contributed by atoms with E-state index in [4.69, 9.17) is 0 Å². The fourth-order valence-electron chi connectivity index (χ4n) is 1.71. The summed E-state index contributed by atoms with van der Waals surface area (Å²) in [5.41, 5.74) is -0.605. The molecule has 8 heteroatoms. The van der Waals surface area contributed by atoms with E-state index in [0.717, 1.165) is 5.01 Å². The van der Waals surface area contributed by atoms with Crippen molar-refractivity contribution in [1.29, 1.82) is 0 Å². The Morgan fingerprint density at radius 1 is 1.40 bits per heavy atom. The summed E-state index contributed by atoms with van der Waals surface area (Å²) in [7, 11) is 1.71. The highest BCUT2D eigenvalue weighted by Gasteiger charge is 2.27. The Morgan fingerprint density at radius 3 is 2.70 bits per heavy atom. The Labute approximate surface area is 120 Å². The fraction of sp³-hybridized carbons (Fsp3) is 0.333. The quantitative estimate of drug-likeness (QED) is 0.650. The molecule has 0 amide bonds. The van der Waals surface area contributed by atoms with Gasteiger partial charge in [0.25, 0.3) is 0 Å². The second-order valence-electron chi connectivity index (χ2n) is 4.66. The Balaban J connectivity index is 2.39. The molecule has 2 rings (SSSR count). The normalized spacial score (nSPS) is 11.2. The molecule has 106 valence electrons. The van der Waals surface area contributed by atoms with E-state index >= 15 is 0 Å². The minimum Gasteiger partial charge on any atom is -0.373 e. The molecule has 0 aliphatic carbocycles. The van der Waals surface area contributed by atoms with Crippen LogP contribution in [0.15, 0.2) is 23.7 Å². The van der Waals surface area contributed by atoms with Gasteiger partial charge in [-0.1, -0.05) is 0 Å². The molecule has 2 aromatic heterocycles. The molecule has 0 radical (unpaired) electrons. The molecule has 0 aliphatic rings. The second-order valence-corrected chi connectivity index (χ2v) is 5.55. The molecule has 2 heterocycles. The van der Waals surface area contributed by atoms with Crippen molar-refractivity contribution >= 4 is 28.7 Å². The van der Waals surface area contributed by atoms with Gasteiger partial charge in [-0.2, -0.15) is 0 Å². The average molecular weight is 293 g/mol. The zero-order valence-electron chi connectivity index (χ0n) is 11.4. The molecule has 2 N–H and O–H groups in total. The van der Waals surface area contributed by atoms with E-state index in [1.54, 1.807) is 19.3 Å². The third-order valence-corrected chi connectivity index (χ3v) is 3.82. The zero-order valence-corrected chi connectivity index (χ0v) is 12.2. The molecular weight excluding hydrogens is 278 g/mol. The summed E-state index contributed by atoms with van der Waals surface area (Å²) in [5, 5.41) is 19.8. The van der Waals surface area contributed by atoms with Crippen molar-refractivity contribution in [3.63, 3.8) is 0 Å². The Bertz CT molecular complexity index is 612. The van der Waals surface area contributed by atoms with Crippen LogP contribution in [0.1, 0.15) is 18.9 Å². The fourth-order valence-corrected chi connectivity index (χ4v) is 2.43. The number of nitrogens with one attached hydrogen (secondary N) is 2. The van der Waals surface area contributed by atoms with Gasteiger partial charge < -0.3 is 10.6 Å². The van der Waals surface area contributed by atoms with Crippen LogP contribution < -0.4 is 10.6 Å². The van der Waals surface area contributed by atoms with Crippen molar-refractivity contribution in [3.05, 3.63) is 38.8 Å². The van der Waals surface area contributed by atoms with Crippen LogP contribution in [-0.4, -0.2) is 21.9 Å². The lowest BCUT2D eigenvalue weighted by atomic mass is 10.1. The lowest BCUT2D eigenvalue weighted by Crippen LogP contribution is -2.28. The van der Waals surface area contributed by atoms with E-state index in [2.05, 4.69) is 20.6 Å². The molecular formula is C12H15N5O2S. The molecule has 0 unspecified atom stereocenters. The molecule has 0 saturated heterocycles. The number of nitro groups is 1. The van der Waals surface area contributed by atoms with Gasteiger partial charge in [0.1, 0.15) is 10.8 Å². The summed E-state index contributed by atoms with van der Waals surface area (Å²) in [5.74, 6) is 0.787. The van der Waals surface area contributed by atoms with Crippen LogP contribution in [-0.2, 0) is 5.54 Å². The minimum absolute atomic E-state index is 0.0615. The van der Waals surface area contributed by atoms with Crippen LogP contribution in [0.2, 0.25) is 0 Å². The predicted molar refractivity (Wildman–Crippen MR) is 79.2 cm³/mol. The van der Waals surface area contributed by atoms with Crippen molar-refractivity contribution < 1.29 is 4.92 Å². The Hall–Kier alpha value is -2.22. The van der Waals surface area contributed by atoms with Crippen molar-refractivity contribution in [2.75, 3.05) is 17.7 Å². The topological polar surface area (TPSA) is 93.0 Å². The van der Waals surface area contributed by atoms with Crippen LogP contribution in [0.25, 0.3) is 0 Å². The molecule has 7 nitrogen and oxygen atoms in total. The van der Waals surface area contributed by atoms with Gasteiger partial charge in [0.2, 0.25) is 5.82 Å². The summed E-state index contributed by atoms with van der Waals surface area (Å²) in [6.07, 6.45) is 1.70. The van der Waals surface area contributed by atoms with Crippen LogP contribution in [0.5, 0.6) is 0 Å². The highest BCUT2D eigenvalue weighted by Crippen LogP contribution is 2.31. The van der Waals surface area contributed by atoms with Crippen molar-refractivity contribution in [2.45, 2.75) is 19.4 Å². The van der Waals surface area contributed by atoms with Gasteiger partial charge >= 0.3 is 5.69 Å². The number of hydrogen-bond donors (Lipinski definition) is 2. The van der Waals surface area contributed by atoms with Gasteiger partial charge in [0.15, 0.2) is 0 Å². The maximum absolute atomic E-state index is 11.1. The van der Waals surface area contributed by atoms with E-state index < -0.39 is 10.5 Å². The van der Waals surface area contributed by atoms with E-state index in [9.17, 15) is 10.1 Å². The predicted octanol–water partition coefficient (Wildman–Crippen LogP) is 2.84. The number of pyridine rings is 1. The molecule has 0 saturated carbocycles. The zero-order chi connectivity index (χ0) is 14.8. The molecule has 0 aromatic carbocycles. The number of aromatic nitrogens is 2. The Kier molecular flexibility index (Phi) is 3.84. The highest BCUT2D eigenvalue weighted by molar-refractivity contribution is 7.09. The van der Waals surface area contributed by atoms with Crippen LogP contribution >= 0.6 is 11.3 Å². The number of hydrogen-bond acceptors (Lipinski definition) is 7. The van der Waals surface area contributed by atoms with Crippen molar-refractivity contribution in [1.82, 2.24) is 9.97 Å². The first-order chi connectivity index (χ1) is 9.44. The summed E-state index contributed by atoms with van der Waals surface area (Å²) in [6, 6.07) is 3.00. The van der Waals surface area contributed by atoms with Crippen LogP contribution in [0.3, 0.4) is 0 Å². The van der Waals surface area contributed by atoms with Crippen molar-refractivity contribution in [2.24, 2.45) is 0 Å². The maximum Gasteiger partial charge on any atom is 0.311 e. The first kappa shape index (κ1) is 14.2. The monoisotopic (exact) mass is 293 g/mol. The summed E-state index contributed by atoms with van der Waals surface area (Å²) in [6.45, 7) is 3.81. The van der Waals surface area contributed by atoms with Gasteiger partial charge in [-0.15, -0.1) is 11.3 Å². The minimum atomic E-state index is -0.543. The lowest BCUT2D eigenvalue weighted by Gasteiger charge is -2.24. The van der Waals surface area contributed by atoms with E-state index in [0.29, 0.717) is 5.82 Å². The smallest absolute Gasteiger partial charge is 0.311 e. The standard InChI is InChI=1S/C12H15N5O2S/c1-12(2,11-14-6-7-20-11)16-10-8(17(18)19)4-5-9(13-3)15-10/h4-7H,1-3H3,(H2,13,15,16). The van der Waals surface area contributed by atoms with Gasteiger partial charge in [-0.3, -0.25) is 10.1 Å². The van der Waals surface area contributed by atoms with Gasteiger partial charge in [0.05, 0.1) is 10.5 Å². The molecule has 0 fully saturated rings. The summed E-state index contributed by atoms with van der Waals surface area (Å²) in [4.78, 5) is 19.1. The number of rotatable bonds is 5. The number of anilines is 2. The first-order valence-corrected chi connectivity index (χ1v) is 6.83. The highest BCUT2D eigenvalue weighted by atomic mass is 32.1. The van der Waals surface area contributed by atoms with Crippen LogP contribution in [0, 0.1) is 10.1 Å². The number of thiazole rings is 1. The van der Waals surface area contributed by atoms with Crippen molar-refractivity contribution in [3.8, 4) is 0 Å². The summed E-state index contributed by atoms with van der Waals surface area (Å²) < 4.78 is 0. The molecule has 0 bridgehead atoms. The SMILES string of the molecule is CNc1ccc([N+](=O)[O-])c(NC(C)(C)c2nccs2)n1. The van der Waals surface area contributed by atoms with E-state index in [1.807, 2.05) is 19.2 Å². The molecule has 20 heavy (non-hydrogen) atoms. The lowest BCUT2D eigenvalue weighted by molar-refractivity contribution is -0.384. The third kappa shape index (κ3) is 2.85. The van der Waals surface area contributed by atoms with E-state index in [-0.39, 0.29) is 11.5 Å². The second kappa shape index (κ2) is 5.41. The molecule has 0 aliphatic heterocycles. The largest absolute Gasteiger partial charge is 0.373 e. The van der Waals surface area contributed by atoms with Gasteiger partial charge in [-0.05, 0) is 19.9 Å². The Morgan fingerprint density at radius 2 is 2.15 bits per heavy atom.